The molecule has 0 radical (unpaired) electrons. The number of carboxylic acid groups (broad SMARTS) is 1. The molecule has 0 saturated carbocycles. The molecule has 2 rings (SSSR count). The highest BCUT2D eigenvalue weighted by atomic mass is 16.4. The molecule has 2 fully saturated rings. The Balaban J connectivity index is 1.75. The van der Waals surface area contributed by atoms with E-state index in [0.29, 0.717) is 19.0 Å². The number of urea groups is 1. The molecule has 0 aliphatic carbocycles. The molecule has 6 nitrogen and oxygen atoms in total. The Morgan fingerprint density at radius 1 is 1.20 bits per heavy atom. The third kappa shape index (κ3) is 4.10. The highest BCUT2D eigenvalue weighted by Crippen LogP contribution is 2.20. The van der Waals surface area contributed by atoms with Crippen LogP contribution >= 0.6 is 0 Å². The lowest BCUT2D eigenvalue weighted by atomic mass is 9.97. The maximum atomic E-state index is 12.2. The highest BCUT2D eigenvalue weighted by Gasteiger charge is 2.30. The summed E-state index contributed by atoms with van der Waals surface area (Å²) in [5.41, 5.74) is 0. The topological polar surface area (TPSA) is 72.9 Å². The van der Waals surface area contributed by atoms with Gasteiger partial charge in [-0.25, -0.2) is 4.79 Å². The lowest BCUT2D eigenvalue weighted by Crippen LogP contribution is -2.46. The summed E-state index contributed by atoms with van der Waals surface area (Å²) in [5, 5.41) is 11.9. The number of piperidine rings is 1. The summed E-state index contributed by atoms with van der Waals surface area (Å²) < 4.78 is 0. The van der Waals surface area contributed by atoms with Gasteiger partial charge in [-0.2, -0.15) is 0 Å². The molecule has 1 atom stereocenters. The van der Waals surface area contributed by atoms with Crippen LogP contribution in [0.2, 0.25) is 0 Å². The van der Waals surface area contributed by atoms with Crippen molar-refractivity contribution in [3.05, 3.63) is 0 Å². The number of carbonyl (C=O) groups is 2. The van der Waals surface area contributed by atoms with E-state index in [-0.39, 0.29) is 18.5 Å². The minimum absolute atomic E-state index is 0.0572. The van der Waals surface area contributed by atoms with Gasteiger partial charge in [0.2, 0.25) is 0 Å². The Morgan fingerprint density at radius 3 is 2.55 bits per heavy atom. The van der Waals surface area contributed by atoms with Crippen LogP contribution < -0.4 is 5.32 Å². The number of carbonyl (C=O) groups excluding carboxylic acids is 1. The second kappa shape index (κ2) is 6.92. The molecule has 0 bridgehead atoms. The number of nitrogens with zero attached hydrogens (tertiary/aromatic N) is 2. The molecule has 2 amide bonds. The predicted molar refractivity (Wildman–Crippen MR) is 75.6 cm³/mol. The molecule has 114 valence electrons. The van der Waals surface area contributed by atoms with Gasteiger partial charge in [0.05, 0.1) is 6.42 Å². The second-order valence-corrected chi connectivity index (χ2v) is 6.02. The fourth-order valence-electron chi connectivity index (χ4n) is 3.12. The van der Waals surface area contributed by atoms with Crippen molar-refractivity contribution in [2.75, 3.05) is 33.2 Å². The van der Waals surface area contributed by atoms with E-state index in [2.05, 4.69) is 17.3 Å². The Bertz CT molecular complexity index is 354. The SMILES string of the molecule is CN1CCC(CNC(=O)N2CCCC2CC(=O)O)CC1. The van der Waals surface area contributed by atoms with Crippen LogP contribution in [0.5, 0.6) is 0 Å². The third-order valence-corrected chi connectivity index (χ3v) is 4.43. The molecule has 2 N–H and O–H groups in total. The minimum atomic E-state index is -0.829. The van der Waals surface area contributed by atoms with Gasteiger partial charge in [-0.15, -0.1) is 0 Å². The van der Waals surface area contributed by atoms with Crippen molar-refractivity contribution >= 4 is 12.0 Å². The van der Waals surface area contributed by atoms with Crippen molar-refractivity contribution in [1.82, 2.24) is 15.1 Å². The molecule has 2 aliphatic rings. The first-order valence-corrected chi connectivity index (χ1v) is 7.51. The van der Waals surface area contributed by atoms with E-state index in [1.54, 1.807) is 4.90 Å². The maximum absolute atomic E-state index is 12.2. The number of carboxylic acids is 1. The molecule has 0 aromatic rings. The quantitative estimate of drug-likeness (QED) is 0.806. The summed E-state index contributed by atoms with van der Waals surface area (Å²) in [6.07, 6.45) is 4.00. The van der Waals surface area contributed by atoms with E-state index in [9.17, 15) is 9.59 Å². The average molecular weight is 283 g/mol. The van der Waals surface area contributed by atoms with E-state index in [0.717, 1.165) is 38.8 Å². The van der Waals surface area contributed by atoms with Gasteiger partial charge < -0.3 is 20.2 Å². The number of likely N-dealkylation sites (tertiary alicyclic amines) is 2. The van der Waals surface area contributed by atoms with Crippen molar-refractivity contribution in [2.24, 2.45) is 5.92 Å². The number of nitrogens with one attached hydrogen (secondary N) is 1. The van der Waals surface area contributed by atoms with E-state index >= 15 is 0 Å². The van der Waals surface area contributed by atoms with Gasteiger partial charge in [-0.3, -0.25) is 4.79 Å². The average Bonchev–Trinajstić information content (AvgIpc) is 2.85. The van der Waals surface area contributed by atoms with Crippen molar-refractivity contribution in [3.63, 3.8) is 0 Å². The summed E-state index contributed by atoms with van der Waals surface area (Å²) in [5.74, 6) is -0.277. The Kier molecular flexibility index (Phi) is 5.23. The molecule has 6 heteroatoms. The lowest BCUT2D eigenvalue weighted by molar-refractivity contribution is -0.137. The minimum Gasteiger partial charge on any atom is -0.481 e. The molecule has 0 aromatic carbocycles. The van der Waals surface area contributed by atoms with E-state index in [4.69, 9.17) is 5.11 Å². The summed E-state index contributed by atoms with van der Waals surface area (Å²) >= 11 is 0. The Labute approximate surface area is 120 Å². The lowest BCUT2D eigenvalue weighted by Gasteiger charge is -2.30. The first kappa shape index (κ1) is 15.1. The van der Waals surface area contributed by atoms with Gasteiger partial charge in [0, 0.05) is 19.1 Å². The van der Waals surface area contributed by atoms with Gasteiger partial charge in [0.15, 0.2) is 0 Å². The zero-order valence-electron chi connectivity index (χ0n) is 12.2. The van der Waals surface area contributed by atoms with E-state index in [1.807, 2.05) is 0 Å². The number of rotatable bonds is 4. The number of hydrogen-bond acceptors (Lipinski definition) is 3. The summed E-state index contributed by atoms with van der Waals surface area (Å²) in [6, 6.07) is -0.224. The summed E-state index contributed by atoms with van der Waals surface area (Å²) in [4.78, 5) is 27.0. The van der Waals surface area contributed by atoms with E-state index in [1.165, 1.54) is 0 Å². The van der Waals surface area contributed by atoms with Crippen molar-refractivity contribution in [3.8, 4) is 0 Å². The molecule has 0 aromatic heterocycles. The zero-order chi connectivity index (χ0) is 14.5. The smallest absolute Gasteiger partial charge is 0.317 e. The fourth-order valence-corrected chi connectivity index (χ4v) is 3.12. The molecule has 2 aliphatic heterocycles. The molecule has 0 spiro atoms. The molecule has 2 heterocycles. The Morgan fingerprint density at radius 2 is 1.90 bits per heavy atom. The normalized spacial score (nSPS) is 24.9. The van der Waals surface area contributed by atoms with Crippen LogP contribution in [0.3, 0.4) is 0 Å². The van der Waals surface area contributed by atoms with Gasteiger partial charge in [-0.1, -0.05) is 0 Å². The monoisotopic (exact) mass is 283 g/mol. The zero-order valence-corrected chi connectivity index (χ0v) is 12.2. The van der Waals surface area contributed by atoms with Gasteiger partial charge in [-0.05, 0) is 51.7 Å². The summed E-state index contributed by atoms with van der Waals surface area (Å²) in [7, 11) is 2.12. The molecule has 20 heavy (non-hydrogen) atoms. The van der Waals surface area contributed by atoms with Gasteiger partial charge in [0.25, 0.3) is 0 Å². The number of hydrogen-bond donors (Lipinski definition) is 2. The number of aliphatic carboxylic acids is 1. The first-order chi connectivity index (χ1) is 9.56. The van der Waals surface area contributed by atoms with Crippen LogP contribution in [-0.2, 0) is 4.79 Å². The second-order valence-electron chi connectivity index (χ2n) is 6.02. The standard InChI is InChI=1S/C14H25N3O3/c1-16-7-4-11(5-8-16)10-15-14(20)17-6-2-3-12(17)9-13(18)19/h11-12H,2-10H2,1H3,(H,15,20)(H,18,19). The number of amides is 2. The van der Waals surface area contributed by atoms with Crippen molar-refractivity contribution < 1.29 is 14.7 Å². The van der Waals surface area contributed by atoms with Crippen LogP contribution in [0.25, 0.3) is 0 Å². The van der Waals surface area contributed by atoms with Crippen LogP contribution in [-0.4, -0.2) is 66.2 Å². The Hall–Kier alpha value is -1.30. The highest BCUT2D eigenvalue weighted by molar-refractivity contribution is 5.76. The molecule has 1 unspecified atom stereocenters. The molecular formula is C14H25N3O3. The largest absolute Gasteiger partial charge is 0.481 e. The van der Waals surface area contributed by atoms with Crippen LogP contribution in [0, 0.1) is 5.92 Å². The van der Waals surface area contributed by atoms with Gasteiger partial charge >= 0.3 is 12.0 Å². The van der Waals surface area contributed by atoms with E-state index < -0.39 is 5.97 Å². The molecule has 2 saturated heterocycles. The van der Waals surface area contributed by atoms with Crippen molar-refractivity contribution in [1.29, 1.82) is 0 Å². The third-order valence-electron chi connectivity index (χ3n) is 4.43. The van der Waals surface area contributed by atoms with Gasteiger partial charge in [0.1, 0.15) is 0 Å². The maximum Gasteiger partial charge on any atom is 0.317 e. The fraction of sp³-hybridized carbons (Fsp3) is 0.857. The van der Waals surface area contributed by atoms with Crippen LogP contribution in [0.4, 0.5) is 4.79 Å². The molecular weight excluding hydrogens is 258 g/mol. The predicted octanol–water partition coefficient (Wildman–Crippen LogP) is 0.977. The van der Waals surface area contributed by atoms with Crippen LogP contribution in [0.1, 0.15) is 32.1 Å². The van der Waals surface area contributed by atoms with Crippen molar-refractivity contribution in [2.45, 2.75) is 38.1 Å². The first-order valence-electron chi connectivity index (χ1n) is 7.51. The summed E-state index contributed by atoms with van der Waals surface area (Å²) in [6.45, 7) is 3.57. The van der Waals surface area contributed by atoms with Crippen LogP contribution in [0.15, 0.2) is 0 Å².